The van der Waals surface area contributed by atoms with Gasteiger partial charge in [-0.3, -0.25) is 19.2 Å². The second kappa shape index (κ2) is 8.87. The molecule has 120 valence electrons. The summed E-state index contributed by atoms with van der Waals surface area (Å²) in [4.78, 5) is 45.1. The quantitative estimate of drug-likeness (QED) is 0.266. The van der Waals surface area contributed by atoms with Crippen molar-refractivity contribution in [3.05, 3.63) is 0 Å². The molecule has 0 bridgehead atoms. The lowest BCUT2D eigenvalue weighted by Gasteiger charge is -2.20. The van der Waals surface area contributed by atoms with E-state index < -0.39 is 55.0 Å². The Balaban J connectivity index is 4.55. The Morgan fingerprint density at radius 3 is 1.86 bits per heavy atom. The molecule has 10 heteroatoms. The Bertz CT molecular complexity index is 414. The largest absolute Gasteiger partial charge is 0.394 e. The average Bonchev–Trinajstić information content (AvgIpc) is 2.40. The van der Waals surface area contributed by atoms with Crippen LogP contribution in [0.2, 0.25) is 0 Å². The zero-order valence-electron chi connectivity index (χ0n) is 11.8. The first kappa shape index (κ1) is 18.8. The molecule has 21 heavy (non-hydrogen) atoms. The minimum atomic E-state index is -1.26. The van der Waals surface area contributed by atoms with Crippen molar-refractivity contribution < 1.29 is 29.4 Å². The minimum absolute atomic E-state index is 0.518. The molecule has 0 aliphatic rings. The van der Waals surface area contributed by atoms with E-state index in [9.17, 15) is 19.2 Å². The van der Waals surface area contributed by atoms with Gasteiger partial charge in [-0.15, -0.1) is 0 Å². The Morgan fingerprint density at radius 1 is 0.952 bits per heavy atom. The summed E-state index contributed by atoms with van der Waals surface area (Å²) in [5, 5.41) is 24.4. The first-order valence-electron chi connectivity index (χ1n) is 6.11. The maximum Gasteiger partial charge on any atom is 0.245 e. The number of aliphatic hydroxyl groups is 2. The number of rotatable bonds is 8. The van der Waals surface area contributed by atoms with E-state index in [1.165, 1.54) is 13.8 Å². The monoisotopic (exact) mass is 304 g/mol. The fourth-order valence-corrected chi connectivity index (χ4v) is 1.32. The summed E-state index contributed by atoms with van der Waals surface area (Å²) >= 11 is 0. The summed E-state index contributed by atoms with van der Waals surface area (Å²) in [6.07, 6.45) is 0. The number of aliphatic hydroxyl groups excluding tert-OH is 2. The number of carbonyl (C=O) groups excluding carboxylic acids is 4. The van der Waals surface area contributed by atoms with Gasteiger partial charge in [0.25, 0.3) is 0 Å². The molecule has 0 saturated carbocycles. The van der Waals surface area contributed by atoms with Crippen molar-refractivity contribution in [1.82, 2.24) is 16.0 Å². The predicted molar refractivity (Wildman–Crippen MR) is 70.5 cm³/mol. The smallest absolute Gasteiger partial charge is 0.245 e. The summed E-state index contributed by atoms with van der Waals surface area (Å²) in [7, 11) is 0. The van der Waals surface area contributed by atoms with Crippen LogP contribution >= 0.6 is 0 Å². The number of carbonyl (C=O) groups is 4. The fourth-order valence-electron chi connectivity index (χ4n) is 1.32. The molecule has 10 nitrogen and oxygen atoms in total. The molecule has 0 aliphatic heterocycles. The summed E-state index contributed by atoms with van der Waals surface area (Å²) in [5.74, 6) is -2.96. The first-order chi connectivity index (χ1) is 9.72. The summed E-state index contributed by atoms with van der Waals surface area (Å²) in [5.41, 5.74) is 4.94. The second-order valence-corrected chi connectivity index (χ2v) is 4.31. The van der Waals surface area contributed by atoms with E-state index in [-0.39, 0.29) is 0 Å². The lowest BCUT2D eigenvalue weighted by molar-refractivity contribution is -0.133. The van der Waals surface area contributed by atoms with Crippen LogP contribution in [-0.4, -0.2) is 65.2 Å². The Morgan fingerprint density at radius 2 is 1.48 bits per heavy atom. The molecule has 0 radical (unpaired) electrons. The molecule has 0 heterocycles. The van der Waals surface area contributed by atoms with Crippen molar-refractivity contribution in [3.63, 3.8) is 0 Å². The normalized spacial score (nSPS) is 14.5. The zero-order chi connectivity index (χ0) is 16.6. The standard InChI is InChI=1S/C11H20N4O6/c1-5(10(20)15-7(3-16)9(12)19)13-11(21)8(4-17)14-6(2)18/h5,7-8,16-17H,3-4H2,1-2H3,(H2,12,19)(H,13,21)(H,14,18)(H,15,20). The van der Waals surface area contributed by atoms with Crippen molar-refractivity contribution in [2.45, 2.75) is 32.0 Å². The van der Waals surface area contributed by atoms with Gasteiger partial charge in [-0.1, -0.05) is 0 Å². The van der Waals surface area contributed by atoms with Crippen LogP contribution in [0.5, 0.6) is 0 Å². The third-order valence-electron chi connectivity index (χ3n) is 2.47. The van der Waals surface area contributed by atoms with Gasteiger partial charge in [0.1, 0.15) is 18.1 Å². The molecule has 0 saturated heterocycles. The van der Waals surface area contributed by atoms with Crippen molar-refractivity contribution in [1.29, 1.82) is 0 Å². The lowest BCUT2D eigenvalue weighted by Crippen LogP contribution is -2.56. The van der Waals surface area contributed by atoms with Gasteiger partial charge in [-0.25, -0.2) is 0 Å². The third-order valence-corrected chi connectivity index (χ3v) is 2.47. The van der Waals surface area contributed by atoms with Crippen LogP contribution in [-0.2, 0) is 19.2 Å². The van der Waals surface area contributed by atoms with Crippen LogP contribution in [0, 0.1) is 0 Å². The number of hydrogen-bond acceptors (Lipinski definition) is 6. The highest BCUT2D eigenvalue weighted by atomic mass is 16.3. The average molecular weight is 304 g/mol. The molecular weight excluding hydrogens is 284 g/mol. The zero-order valence-corrected chi connectivity index (χ0v) is 11.8. The Kier molecular flexibility index (Phi) is 7.94. The number of primary amides is 1. The van der Waals surface area contributed by atoms with Gasteiger partial charge in [-0.05, 0) is 6.92 Å². The van der Waals surface area contributed by atoms with E-state index in [2.05, 4.69) is 16.0 Å². The van der Waals surface area contributed by atoms with Gasteiger partial charge in [0.2, 0.25) is 23.6 Å². The predicted octanol–water partition coefficient (Wildman–Crippen LogP) is -4.05. The molecule has 0 aromatic heterocycles. The van der Waals surface area contributed by atoms with E-state index in [4.69, 9.17) is 15.9 Å². The SMILES string of the molecule is CC(=O)NC(CO)C(=O)NC(C)C(=O)NC(CO)C(N)=O. The topological polar surface area (TPSA) is 171 Å². The van der Waals surface area contributed by atoms with E-state index in [0.29, 0.717) is 0 Å². The van der Waals surface area contributed by atoms with E-state index in [1.807, 2.05) is 0 Å². The van der Waals surface area contributed by atoms with Gasteiger partial charge in [-0.2, -0.15) is 0 Å². The van der Waals surface area contributed by atoms with Crippen LogP contribution < -0.4 is 21.7 Å². The first-order valence-corrected chi connectivity index (χ1v) is 6.11. The highest BCUT2D eigenvalue weighted by molar-refractivity contribution is 5.93. The summed E-state index contributed by atoms with van der Waals surface area (Å²) < 4.78 is 0. The highest BCUT2D eigenvalue weighted by Gasteiger charge is 2.25. The van der Waals surface area contributed by atoms with Gasteiger partial charge < -0.3 is 31.9 Å². The molecule has 0 spiro atoms. The molecule has 0 fully saturated rings. The molecule has 0 rings (SSSR count). The van der Waals surface area contributed by atoms with Crippen LogP contribution in [0.1, 0.15) is 13.8 Å². The molecule has 4 amide bonds. The third kappa shape index (κ3) is 6.68. The van der Waals surface area contributed by atoms with Crippen molar-refractivity contribution in [3.8, 4) is 0 Å². The van der Waals surface area contributed by atoms with Crippen molar-refractivity contribution in [2.75, 3.05) is 13.2 Å². The molecule has 3 unspecified atom stereocenters. The molecular formula is C11H20N4O6. The molecule has 0 aliphatic carbocycles. The maximum atomic E-state index is 11.7. The molecule has 0 aromatic carbocycles. The maximum absolute atomic E-state index is 11.7. The van der Waals surface area contributed by atoms with E-state index >= 15 is 0 Å². The molecule has 3 atom stereocenters. The van der Waals surface area contributed by atoms with Crippen LogP contribution in [0.4, 0.5) is 0 Å². The molecule has 7 N–H and O–H groups in total. The minimum Gasteiger partial charge on any atom is -0.394 e. The van der Waals surface area contributed by atoms with Crippen LogP contribution in [0.15, 0.2) is 0 Å². The van der Waals surface area contributed by atoms with E-state index in [0.717, 1.165) is 0 Å². The van der Waals surface area contributed by atoms with Gasteiger partial charge >= 0.3 is 0 Å². The van der Waals surface area contributed by atoms with Crippen LogP contribution in [0.3, 0.4) is 0 Å². The number of hydrogen-bond donors (Lipinski definition) is 6. The number of nitrogens with two attached hydrogens (primary N) is 1. The highest BCUT2D eigenvalue weighted by Crippen LogP contribution is 1.90. The second-order valence-electron chi connectivity index (χ2n) is 4.31. The fraction of sp³-hybridized carbons (Fsp3) is 0.636. The van der Waals surface area contributed by atoms with Crippen molar-refractivity contribution in [2.24, 2.45) is 5.73 Å². The van der Waals surface area contributed by atoms with Crippen molar-refractivity contribution >= 4 is 23.6 Å². The van der Waals surface area contributed by atoms with E-state index in [1.54, 1.807) is 0 Å². The summed E-state index contributed by atoms with van der Waals surface area (Å²) in [6, 6.07) is -3.52. The summed E-state index contributed by atoms with van der Waals surface area (Å²) in [6.45, 7) is 1.18. The number of nitrogens with one attached hydrogen (secondary N) is 3. The van der Waals surface area contributed by atoms with Gasteiger partial charge in [0.15, 0.2) is 0 Å². The van der Waals surface area contributed by atoms with Gasteiger partial charge in [0.05, 0.1) is 13.2 Å². The number of amides is 4. The Labute approximate surface area is 121 Å². The Hall–Kier alpha value is -2.20. The van der Waals surface area contributed by atoms with Crippen LogP contribution in [0.25, 0.3) is 0 Å². The molecule has 0 aromatic rings. The lowest BCUT2D eigenvalue weighted by atomic mass is 10.2. The van der Waals surface area contributed by atoms with Gasteiger partial charge in [0, 0.05) is 6.92 Å².